The number of terminal acetylenes is 1. The number of hydrogen-bond acceptors (Lipinski definition) is 2. The van der Waals surface area contributed by atoms with Gasteiger partial charge in [0, 0.05) is 0 Å². The van der Waals surface area contributed by atoms with Crippen molar-refractivity contribution < 1.29 is 9.53 Å². The summed E-state index contributed by atoms with van der Waals surface area (Å²) in [5.41, 5.74) is 1.02. The van der Waals surface area contributed by atoms with Crippen molar-refractivity contribution in [2.24, 2.45) is 0 Å². The quantitative estimate of drug-likeness (QED) is 0.588. The van der Waals surface area contributed by atoms with E-state index in [9.17, 15) is 4.79 Å². The first-order valence-corrected chi connectivity index (χ1v) is 5.13. The number of rotatable bonds is 3. The van der Waals surface area contributed by atoms with Gasteiger partial charge in [-0.3, -0.25) is 4.79 Å². The molecule has 0 atom stereocenters. The average molecular weight is 222 g/mol. The summed E-state index contributed by atoms with van der Waals surface area (Å²) in [7, 11) is 0. The molecule has 0 heterocycles. The number of para-hydroxylation sites is 2. The van der Waals surface area contributed by atoms with Gasteiger partial charge in [-0.1, -0.05) is 30.2 Å². The van der Waals surface area contributed by atoms with Crippen molar-refractivity contribution in [2.75, 3.05) is 0 Å². The van der Waals surface area contributed by atoms with Gasteiger partial charge >= 0.3 is 0 Å². The molecule has 0 saturated heterocycles. The fourth-order valence-corrected chi connectivity index (χ4v) is 1.48. The molecule has 82 valence electrons. The molecular weight excluding hydrogens is 212 g/mol. The van der Waals surface area contributed by atoms with Crippen LogP contribution in [0.4, 0.5) is 0 Å². The zero-order valence-electron chi connectivity index (χ0n) is 9.09. The van der Waals surface area contributed by atoms with Gasteiger partial charge in [-0.2, -0.15) is 0 Å². The molecular formula is C15H10O2. The Morgan fingerprint density at radius 1 is 1.06 bits per heavy atom. The van der Waals surface area contributed by atoms with Crippen LogP contribution in [0, 0.1) is 12.3 Å². The van der Waals surface area contributed by atoms with E-state index in [1.54, 1.807) is 18.2 Å². The Morgan fingerprint density at radius 3 is 2.47 bits per heavy atom. The molecule has 0 fully saturated rings. The molecule has 0 bridgehead atoms. The van der Waals surface area contributed by atoms with E-state index in [0.29, 0.717) is 22.6 Å². The Balaban J connectivity index is 2.45. The topological polar surface area (TPSA) is 26.3 Å². The minimum absolute atomic E-state index is 0.427. The summed E-state index contributed by atoms with van der Waals surface area (Å²) in [6.07, 6.45) is 6.12. The molecule has 0 N–H and O–H groups in total. The van der Waals surface area contributed by atoms with E-state index in [4.69, 9.17) is 11.2 Å². The molecule has 2 aromatic rings. The lowest BCUT2D eigenvalue weighted by molar-refractivity contribution is 0.112. The van der Waals surface area contributed by atoms with Crippen LogP contribution >= 0.6 is 0 Å². The van der Waals surface area contributed by atoms with Crippen LogP contribution in [0.5, 0.6) is 11.5 Å². The first-order chi connectivity index (χ1) is 8.35. The van der Waals surface area contributed by atoms with Gasteiger partial charge in [0.15, 0.2) is 12.0 Å². The second-order valence-corrected chi connectivity index (χ2v) is 3.40. The number of aldehydes is 1. The molecule has 0 unspecified atom stereocenters. The molecule has 2 rings (SSSR count). The molecule has 0 aliphatic rings. The van der Waals surface area contributed by atoms with Gasteiger partial charge < -0.3 is 4.74 Å². The highest BCUT2D eigenvalue weighted by Gasteiger charge is 2.08. The van der Waals surface area contributed by atoms with E-state index >= 15 is 0 Å². The van der Waals surface area contributed by atoms with Crippen LogP contribution in [0.25, 0.3) is 0 Å². The minimum atomic E-state index is 0.427. The first-order valence-electron chi connectivity index (χ1n) is 5.13. The van der Waals surface area contributed by atoms with Crippen molar-refractivity contribution in [1.29, 1.82) is 0 Å². The Bertz CT molecular complexity index is 565. The van der Waals surface area contributed by atoms with E-state index in [0.717, 1.165) is 6.29 Å². The van der Waals surface area contributed by atoms with Crippen LogP contribution < -0.4 is 4.74 Å². The van der Waals surface area contributed by atoms with Crippen LogP contribution in [0.2, 0.25) is 0 Å². The summed E-state index contributed by atoms with van der Waals surface area (Å²) >= 11 is 0. The standard InChI is InChI=1S/C15H10O2/c1-2-12-7-6-8-13(11-16)15(12)17-14-9-4-3-5-10-14/h1,3-11H. The van der Waals surface area contributed by atoms with Gasteiger partial charge in [-0.15, -0.1) is 6.42 Å². The van der Waals surface area contributed by atoms with Crippen LogP contribution in [0.3, 0.4) is 0 Å². The maximum Gasteiger partial charge on any atom is 0.153 e. The normalized spacial score (nSPS) is 9.35. The van der Waals surface area contributed by atoms with Gasteiger partial charge in [0.05, 0.1) is 11.1 Å². The summed E-state index contributed by atoms with van der Waals surface area (Å²) in [6.45, 7) is 0. The summed E-state index contributed by atoms with van der Waals surface area (Å²) in [6, 6.07) is 14.4. The highest BCUT2D eigenvalue weighted by molar-refractivity contribution is 5.81. The number of carbonyl (C=O) groups excluding carboxylic acids is 1. The fraction of sp³-hybridized carbons (Fsp3) is 0. The zero-order valence-corrected chi connectivity index (χ0v) is 9.09. The molecule has 0 aliphatic carbocycles. The first kappa shape index (κ1) is 11.0. The summed E-state index contributed by atoms with van der Waals surface area (Å²) < 4.78 is 5.65. The van der Waals surface area contributed by atoms with Gasteiger partial charge in [-0.25, -0.2) is 0 Å². The third-order valence-corrected chi connectivity index (χ3v) is 2.29. The highest BCUT2D eigenvalue weighted by Crippen LogP contribution is 2.27. The molecule has 0 amide bonds. The molecule has 2 aromatic carbocycles. The molecule has 0 aromatic heterocycles. The average Bonchev–Trinajstić information content (AvgIpc) is 2.40. The third-order valence-electron chi connectivity index (χ3n) is 2.29. The third kappa shape index (κ3) is 2.35. The van der Waals surface area contributed by atoms with E-state index in [1.165, 1.54) is 0 Å². The second-order valence-electron chi connectivity index (χ2n) is 3.40. The maximum absolute atomic E-state index is 10.9. The van der Waals surface area contributed by atoms with Crippen LogP contribution in [-0.4, -0.2) is 6.29 Å². The second kappa shape index (κ2) is 5.00. The zero-order chi connectivity index (χ0) is 12.1. The van der Waals surface area contributed by atoms with Crippen LogP contribution in [0.1, 0.15) is 15.9 Å². The van der Waals surface area contributed by atoms with Crippen molar-refractivity contribution in [3.63, 3.8) is 0 Å². The Hall–Kier alpha value is -2.53. The van der Waals surface area contributed by atoms with E-state index in [2.05, 4.69) is 5.92 Å². The van der Waals surface area contributed by atoms with Crippen molar-refractivity contribution in [3.8, 4) is 23.8 Å². The summed E-state index contributed by atoms with van der Waals surface area (Å²) in [5, 5.41) is 0. The summed E-state index contributed by atoms with van der Waals surface area (Å²) in [5.74, 6) is 3.58. The van der Waals surface area contributed by atoms with E-state index in [-0.39, 0.29) is 0 Å². The number of benzene rings is 2. The van der Waals surface area contributed by atoms with Crippen molar-refractivity contribution in [1.82, 2.24) is 0 Å². The highest BCUT2D eigenvalue weighted by atomic mass is 16.5. The molecule has 0 radical (unpaired) electrons. The number of carbonyl (C=O) groups is 1. The fourth-order valence-electron chi connectivity index (χ4n) is 1.48. The monoisotopic (exact) mass is 222 g/mol. The molecule has 2 heteroatoms. The van der Waals surface area contributed by atoms with Crippen LogP contribution in [-0.2, 0) is 0 Å². The SMILES string of the molecule is C#Cc1cccc(C=O)c1Oc1ccccc1. The van der Waals surface area contributed by atoms with Crippen molar-refractivity contribution >= 4 is 6.29 Å². The van der Waals surface area contributed by atoms with Gasteiger partial charge in [0.1, 0.15) is 5.75 Å². The predicted octanol–water partition coefficient (Wildman–Crippen LogP) is 3.27. The van der Waals surface area contributed by atoms with Gasteiger partial charge in [-0.05, 0) is 24.3 Å². The Morgan fingerprint density at radius 2 is 1.82 bits per heavy atom. The van der Waals surface area contributed by atoms with Crippen LogP contribution in [0.15, 0.2) is 48.5 Å². The van der Waals surface area contributed by atoms with E-state index in [1.807, 2.05) is 30.3 Å². The lowest BCUT2D eigenvalue weighted by Crippen LogP contribution is -1.93. The molecule has 0 aliphatic heterocycles. The number of ether oxygens (including phenoxy) is 1. The van der Waals surface area contributed by atoms with E-state index < -0.39 is 0 Å². The molecule has 0 spiro atoms. The largest absolute Gasteiger partial charge is 0.455 e. The van der Waals surface area contributed by atoms with Crippen molar-refractivity contribution in [2.45, 2.75) is 0 Å². The lowest BCUT2D eigenvalue weighted by atomic mass is 10.1. The Kier molecular flexibility index (Phi) is 3.23. The minimum Gasteiger partial charge on any atom is -0.455 e. The number of hydrogen-bond donors (Lipinski definition) is 0. The van der Waals surface area contributed by atoms with Gasteiger partial charge in [0.2, 0.25) is 0 Å². The smallest absolute Gasteiger partial charge is 0.153 e. The van der Waals surface area contributed by atoms with Crippen molar-refractivity contribution in [3.05, 3.63) is 59.7 Å². The maximum atomic E-state index is 10.9. The molecule has 17 heavy (non-hydrogen) atoms. The molecule has 2 nitrogen and oxygen atoms in total. The van der Waals surface area contributed by atoms with Gasteiger partial charge in [0.25, 0.3) is 0 Å². The lowest BCUT2D eigenvalue weighted by Gasteiger charge is -2.09. The summed E-state index contributed by atoms with van der Waals surface area (Å²) in [4.78, 5) is 10.9. The predicted molar refractivity (Wildman–Crippen MR) is 66.3 cm³/mol. The molecule has 0 saturated carbocycles. The Labute approximate surface area is 99.9 Å².